The van der Waals surface area contributed by atoms with Crippen LogP contribution < -0.4 is 5.32 Å². The van der Waals surface area contributed by atoms with Gasteiger partial charge in [-0.15, -0.1) is 0 Å². The lowest BCUT2D eigenvalue weighted by Gasteiger charge is -2.30. The van der Waals surface area contributed by atoms with E-state index in [9.17, 15) is 0 Å². The molecule has 2 aromatic heterocycles. The number of piperazine rings is 1. The number of rotatable bonds is 3. The zero-order valence-electron chi connectivity index (χ0n) is 16.1. The summed E-state index contributed by atoms with van der Waals surface area (Å²) in [5, 5.41) is 8.84. The normalized spacial score (nSPS) is 21.1. The molecule has 3 heterocycles. The van der Waals surface area contributed by atoms with E-state index in [0.29, 0.717) is 11.8 Å². The van der Waals surface area contributed by atoms with Crippen molar-refractivity contribution in [3.63, 3.8) is 0 Å². The van der Waals surface area contributed by atoms with E-state index in [4.69, 9.17) is 14.5 Å². The molecule has 1 atom stereocenters. The van der Waals surface area contributed by atoms with E-state index < -0.39 is 0 Å². The highest BCUT2D eigenvalue weighted by molar-refractivity contribution is 5.95. The van der Waals surface area contributed by atoms with Crippen molar-refractivity contribution in [3.05, 3.63) is 40.8 Å². The molecule has 1 saturated heterocycles. The van der Waals surface area contributed by atoms with Crippen LogP contribution >= 0.6 is 0 Å². The van der Waals surface area contributed by atoms with Crippen molar-refractivity contribution in [1.82, 2.24) is 25.3 Å². The molecule has 0 spiro atoms. The molecule has 2 fully saturated rings. The van der Waals surface area contributed by atoms with Gasteiger partial charge in [-0.1, -0.05) is 16.8 Å². The molecular formula is C21H25N5O. The number of fused-ring (bicyclic) bond motifs is 1. The number of nitrogens with one attached hydrogen (secondary N) is 1. The maximum absolute atomic E-state index is 5.75. The molecule has 0 amide bonds. The fourth-order valence-corrected chi connectivity index (χ4v) is 4.04. The molecule has 6 heteroatoms. The predicted octanol–water partition coefficient (Wildman–Crippen LogP) is 3.36. The van der Waals surface area contributed by atoms with E-state index in [1.165, 1.54) is 24.0 Å². The van der Waals surface area contributed by atoms with Gasteiger partial charge < -0.3 is 9.84 Å². The van der Waals surface area contributed by atoms with Crippen molar-refractivity contribution in [2.75, 3.05) is 26.7 Å². The summed E-state index contributed by atoms with van der Waals surface area (Å²) in [5.41, 5.74) is 5.64. The number of aryl methyl sites for hydroxylation is 2. The van der Waals surface area contributed by atoms with Gasteiger partial charge in [0, 0.05) is 36.6 Å². The van der Waals surface area contributed by atoms with Crippen LogP contribution in [0.15, 0.2) is 22.7 Å². The van der Waals surface area contributed by atoms with Crippen molar-refractivity contribution in [1.29, 1.82) is 0 Å². The highest BCUT2D eigenvalue weighted by atomic mass is 16.5. The molecule has 0 radical (unpaired) electrons. The molecule has 1 aliphatic carbocycles. The van der Waals surface area contributed by atoms with Gasteiger partial charge in [0.2, 0.25) is 0 Å². The Bertz CT molecular complexity index is 1010. The Kier molecular flexibility index (Phi) is 3.98. The number of nitrogens with zero attached hydrogens (tertiary/aromatic N) is 4. The topological polar surface area (TPSA) is 67.1 Å². The second-order valence-electron chi connectivity index (χ2n) is 8.01. The highest BCUT2D eigenvalue weighted by Crippen LogP contribution is 2.42. The third kappa shape index (κ3) is 3.03. The van der Waals surface area contributed by atoms with E-state index in [1.807, 2.05) is 0 Å². The molecule has 140 valence electrons. The summed E-state index contributed by atoms with van der Waals surface area (Å²) in [6.07, 6.45) is 2.44. The van der Waals surface area contributed by atoms with Crippen LogP contribution in [0.25, 0.3) is 22.4 Å². The van der Waals surface area contributed by atoms with Crippen LogP contribution in [0.1, 0.15) is 47.4 Å². The third-order valence-electron chi connectivity index (χ3n) is 5.74. The number of aromatic nitrogens is 3. The smallest absolute Gasteiger partial charge is 0.258 e. The maximum atomic E-state index is 5.75. The van der Waals surface area contributed by atoms with Gasteiger partial charge in [0.1, 0.15) is 0 Å². The van der Waals surface area contributed by atoms with Crippen LogP contribution in [0.4, 0.5) is 0 Å². The van der Waals surface area contributed by atoms with E-state index in [0.717, 1.165) is 47.6 Å². The van der Waals surface area contributed by atoms with Gasteiger partial charge in [0.05, 0.1) is 17.1 Å². The standard InChI is InChI=1S/C21H25N5O/c1-12-8-13(2)19-15(9-12)16(10-17(23-19)14-4-5-14)21-24-20(25-27-21)18-11-22-6-7-26(18)3/h8-10,14,18,22H,4-7,11H2,1-3H3. The van der Waals surface area contributed by atoms with E-state index in [2.05, 4.69) is 54.5 Å². The number of hydrogen-bond acceptors (Lipinski definition) is 6. The SMILES string of the molecule is Cc1cc(C)c2nc(C3CC3)cc(-c3nc(C4CNCCN4C)no3)c2c1. The first kappa shape index (κ1) is 16.8. The van der Waals surface area contributed by atoms with Crippen LogP contribution in [0.3, 0.4) is 0 Å². The first-order valence-corrected chi connectivity index (χ1v) is 9.77. The first-order valence-electron chi connectivity index (χ1n) is 9.77. The average Bonchev–Trinajstić information content (AvgIpc) is 3.39. The summed E-state index contributed by atoms with van der Waals surface area (Å²) < 4.78 is 5.75. The molecule has 3 aromatic rings. The van der Waals surface area contributed by atoms with Crippen LogP contribution in [0.5, 0.6) is 0 Å². The second kappa shape index (κ2) is 6.39. The summed E-state index contributed by atoms with van der Waals surface area (Å²) in [6, 6.07) is 6.69. The Hall–Kier alpha value is -2.31. The summed E-state index contributed by atoms with van der Waals surface area (Å²) >= 11 is 0. The van der Waals surface area contributed by atoms with E-state index in [1.54, 1.807) is 0 Å². The van der Waals surface area contributed by atoms with Crippen molar-refractivity contribution in [2.45, 2.75) is 38.6 Å². The van der Waals surface area contributed by atoms with Crippen LogP contribution in [0, 0.1) is 13.8 Å². The van der Waals surface area contributed by atoms with Gasteiger partial charge in [0.15, 0.2) is 5.82 Å². The van der Waals surface area contributed by atoms with Crippen molar-refractivity contribution in [3.8, 4) is 11.5 Å². The van der Waals surface area contributed by atoms with Gasteiger partial charge >= 0.3 is 0 Å². The molecule has 1 N–H and O–H groups in total. The van der Waals surface area contributed by atoms with Gasteiger partial charge in [-0.05, 0) is 51.4 Å². The largest absolute Gasteiger partial charge is 0.334 e. The molecule has 1 aromatic carbocycles. The van der Waals surface area contributed by atoms with E-state index >= 15 is 0 Å². The van der Waals surface area contributed by atoms with Gasteiger partial charge in [-0.2, -0.15) is 4.98 Å². The first-order chi connectivity index (χ1) is 13.1. The monoisotopic (exact) mass is 363 g/mol. The molecule has 1 aliphatic heterocycles. The molecule has 0 bridgehead atoms. The fraction of sp³-hybridized carbons (Fsp3) is 0.476. The molecule has 5 rings (SSSR count). The van der Waals surface area contributed by atoms with Crippen LogP contribution in [-0.2, 0) is 0 Å². The molecule has 27 heavy (non-hydrogen) atoms. The molecule has 2 aliphatic rings. The van der Waals surface area contributed by atoms with Crippen molar-refractivity contribution < 1.29 is 4.52 Å². The van der Waals surface area contributed by atoms with Gasteiger partial charge in [-0.3, -0.25) is 9.88 Å². The molecule has 6 nitrogen and oxygen atoms in total. The Morgan fingerprint density at radius 2 is 2.00 bits per heavy atom. The lowest BCUT2D eigenvalue weighted by atomic mass is 10.0. The maximum Gasteiger partial charge on any atom is 0.258 e. The highest BCUT2D eigenvalue weighted by Gasteiger charge is 2.29. The molecular weight excluding hydrogens is 338 g/mol. The number of hydrogen-bond donors (Lipinski definition) is 1. The minimum Gasteiger partial charge on any atom is -0.334 e. The zero-order chi connectivity index (χ0) is 18.5. The van der Waals surface area contributed by atoms with Crippen molar-refractivity contribution in [2.24, 2.45) is 0 Å². The van der Waals surface area contributed by atoms with Crippen molar-refractivity contribution >= 4 is 10.9 Å². The molecule has 1 saturated carbocycles. The minimum absolute atomic E-state index is 0.149. The van der Waals surface area contributed by atoms with Gasteiger partial charge in [0.25, 0.3) is 5.89 Å². The van der Waals surface area contributed by atoms with Crippen LogP contribution in [0.2, 0.25) is 0 Å². The van der Waals surface area contributed by atoms with Crippen LogP contribution in [-0.4, -0.2) is 46.7 Å². The summed E-state index contributed by atoms with van der Waals surface area (Å²) in [7, 11) is 2.11. The molecule has 1 unspecified atom stereocenters. The summed E-state index contributed by atoms with van der Waals surface area (Å²) in [6.45, 7) is 7.07. The lowest BCUT2D eigenvalue weighted by Crippen LogP contribution is -2.44. The predicted molar refractivity (Wildman–Crippen MR) is 105 cm³/mol. The summed E-state index contributed by atoms with van der Waals surface area (Å²) in [5.74, 6) is 1.93. The number of benzene rings is 1. The Morgan fingerprint density at radius 1 is 1.15 bits per heavy atom. The van der Waals surface area contributed by atoms with Gasteiger partial charge in [-0.25, -0.2) is 0 Å². The van der Waals surface area contributed by atoms with E-state index in [-0.39, 0.29) is 6.04 Å². The summed E-state index contributed by atoms with van der Waals surface area (Å²) in [4.78, 5) is 12.0. The number of likely N-dealkylation sites (N-methyl/N-ethyl adjacent to an activating group) is 1. The number of pyridine rings is 1. The third-order valence-corrected chi connectivity index (χ3v) is 5.74. The Balaban J connectivity index is 1.64. The fourth-order valence-electron chi connectivity index (χ4n) is 4.04. The quantitative estimate of drug-likeness (QED) is 0.770. The zero-order valence-corrected chi connectivity index (χ0v) is 16.1. The minimum atomic E-state index is 0.149. The average molecular weight is 363 g/mol. The Labute approximate surface area is 159 Å². The lowest BCUT2D eigenvalue weighted by molar-refractivity contribution is 0.190. The Morgan fingerprint density at radius 3 is 2.78 bits per heavy atom. The second-order valence-corrected chi connectivity index (χ2v) is 8.01.